The molecular weight excluding hydrogens is 290 g/mol. The Morgan fingerprint density at radius 1 is 1.43 bits per heavy atom. The van der Waals surface area contributed by atoms with Crippen LogP contribution in [0.15, 0.2) is 30.3 Å². The molecule has 2 heterocycles. The van der Waals surface area contributed by atoms with E-state index in [4.69, 9.17) is 4.74 Å². The van der Waals surface area contributed by atoms with Gasteiger partial charge in [-0.15, -0.1) is 0 Å². The number of benzene rings is 1. The molecule has 0 radical (unpaired) electrons. The fraction of sp³-hybridized carbons (Fsp3) is 0.444. The Bertz CT molecular complexity index is 680. The van der Waals surface area contributed by atoms with Crippen molar-refractivity contribution in [3.05, 3.63) is 47.3 Å². The standard InChI is InChI=1S/C18H23N3O2/c1-3-6-15-10-16(20-19-15)11-21(2)18(22)14-9-13-7-4-5-8-17(13)23-12-14/h4-5,7-8,10,14H,3,6,9,11-12H2,1-2H3,(H,19,20)/t14-/m1/s1. The zero-order valence-electron chi connectivity index (χ0n) is 13.7. The van der Waals surface area contributed by atoms with Crippen LogP contribution in [-0.2, 0) is 24.2 Å². The predicted molar refractivity (Wildman–Crippen MR) is 88.2 cm³/mol. The Hall–Kier alpha value is -2.30. The number of carbonyl (C=O) groups is 1. The number of aromatic nitrogens is 2. The smallest absolute Gasteiger partial charge is 0.229 e. The van der Waals surface area contributed by atoms with E-state index >= 15 is 0 Å². The fourth-order valence-electron chi connectivity index (χ4n) is 3.01. The van der Waals surface area contributed by atoms with Gasteiger partial charge in [-0.1, -0.05) is 31.5 Å². The van der Waals surface area contributed by atoms with Crippen molar-refractivity contribution in [1.82, 2.24) is 15.1 Å². The second kappa shape index (κ2) is 6.86. The summed E-state index contributed by atoms with van der Waals surface area (Å²) < 4.78 is 5.73. The van der Waals surface area contributed by atoms with Crippen LogP contribution in [0.3, 0.4) is 0 Å². The molecule has 0 fully saturated rings. The molecule has 0 unspecified atom stereocenters. The number of fused-ring (bicyclic) bond motifs is 1. The highest BCUT2D eigenvalue weighted by Gasteiger charge is 2.28. The number of aryl methyl sites for hydroxylation is 1. The van der Waals surface area contributed by atoms with E-state index in [1.54, 1.807) is 4.90 Å². The molecule has 0 bridgehead atoms. The third-order valence-electron chi connectivity index (χ3n) is 4.20. The predicted octanol–water partition coefficient (Wildman–Crippen LogP) is 2.57. The summed E-state index contributed by atoms with van der Waals surface area (Å²) in [6, 6.07) is 9.97. The molecule has 1 aliphatic rings. The Kier molecular flexibility index (Phi) is 4.65. The van der Waals surface area contributed by atoms with Crippen molar-refractivity contribution in [2.75, 3.05) is 13.7 Å². The van der Waals surface area contributed by atoms with Crippen molar-refractivity contribution in [2.24, 2.45) is 5.92 Å². The van der Waals surface area contributed by atoms with Gasteiger partial charge in [0.15, 0.2) is 0 Å². The summed E-state index contributed by atoms with van der Waals surface area (Å²) in [7, 11) is 1.84. The molecule has 23 heavy (non-hydrogen) atoms. The van der Waals surface area contributed by atoms with E-state index in [1.807, 2.05) is 37.4 Å². The Morgan fingerprint density at radius 3 is 3.09 bits per heavy atom. The number of amides is 1. The van der Waals surface area contributed by atoms with E-state index in [-0.39, 0.29) is 11.8 Å². The maximum absolute atomic E-state index is 12.7. The average Bonchev–Trinajstić information content (AvgIpc) is 3.01. The van der Waals surface area contributed by atoms with Gasteiger partial charge in [0.25, 0.3) is 0 Å². The number of H-pyrrole nitrogens is 1. The van der Waals surface area contributed by atoms with Crippen LogP contribution in [0.2, 0.25) is 0 Å². The summed E-state index contributed by atoms with van der Waals surface area (Å²) in [6.07, 6.45) is 2.77. The Labute approximate surface area is 136 Å². The molecule has 0 saturated carbocycles. The fourth-order valence-corrected chi connectivity index (χ4v) is 3.01. The van der Waals surface area contributed by atoms with Gasteiger partial charge < -0.3 is 9.64 Å². The van der Waals surface area contributed by atoms with Gasteiger partial charge in [-0.25, -0.2) is 0 Å². The van der Waals surface area contributed by atoms with Gasteiger partial charge in [0, 0.05) is 7.05 Å². The average molecular weight is 313 g/mol. The van der Waals surface area contributed by atoms with Crippen LogP contribution in [0.5, 0.6) is 5.75 Å². The minimum Gasteiger partial charge on any atom is -0.492 e. The number of nitrogens with one attached hydrogen (secondary N) is 1. The monoisotopic (exact) mass is 313 g/mol. The highest BCUT2D eigenvalue weighted by Crippen LogP contribution is 2.27. The number of rotatable bonds is 5. The van der Waals surface area contributed by atoms with Gasteiger partial charge in [-0.05, 0) is 30.5 Å². The maximum atomic E-state index is 12.7. The van der Waals surface area contributed by atoms with Gasteiger partial charge in [-0.2, -0.15) is 5.10 Å². The molecule has 0 aliphatic carbocycles. The molecule has 0 saturated heterocycles. The van der Waals surface area contributed by atoms with Gasteiger partial charge >= 0.3 is 0 Å². The lowest BCUT2D eigenvalue weighted by molar-refractivity contribution is -0.136. The van der Waals surface area contributed by atoms with Crippen molar-refractivity contribution < 1.29 is 9.53 Å². The molecule has 5 nitrogen and oxygen atoms in total. The molecule has 1 aromatic carbocycles. The molecule has 1 amide bonds. The van der Waals surface area contributed by atoms with Crippen LogP contribution in [0.4, 0.5) is 0 Å². The van der Waals surface area contributed by atoms with Crippen LogP contribution >= 0.6 is 0 Å². The van der Waals surface area contributed by atoms with Crippen molar-refractivity contribution >= 4 is 5.91 Å². The van der Waals surface area contributed by atoms with Crippen LogP contribution in [0.25, 0.3) is 0 Å². The largest absolute Gasteiger partial charge is 0.492 e. The van der Waals surface area contributed by atoms with Gasteiger partial charge in [-0.3, -0.25) is 9.89 Å². The topological polar surface area (TPSA) is 58.2 Å². The minimum absolute atomic E-state index is 0.117. The van der Waals surface area contributed by atoms with Crippen LogP contribution in [-0.4, -0.2) is 34.7 Å². The van der Waals surface area contributed by atoms with E-state index in [0.29, 0.717) is 13.2 Å². The molecule has 122 valence electrons. The lowest BCUT2D eigenvalue weighted by Crippen LogP contribution is -2.38. The lowest BCUT2D eigenvalue weighted by atomic mass is 9.95. The molecule has 1 aliphatic heterocycles. The lowest BCUT2D eigenvalue weighted by Gasteiger charge is -2.28. The maximum Gasteiger partial charge on any atom is 0.229 e. The van der Waals surface area contributed by atoms with E-state index in [0.717, 1.165) is 42.0 Å². The van der Waals surface area contributed by atoms with E-state index < -0.39 is 0 Å². The molecule has 1 N–H and O–H groups in total. The zero-order chi connectivity index (χ0) is 16.2. The summed E-state index contributed by atoms with van der Waals surface area (Å²) in [6.45, 7) is 3.13. The second-order valence-corrected chi connectivity index (χ2v) is 6.15. The molecule has 1 aromatic heterocycles. The summed E-state index contributed by atoms with van der Waals surface area (Å²) in [4.78, 5) is 14.4. The third kappa shape index (κ3) is 3.55. The van der Waals surface area contributed by atoms with Gasteiger partial charge in [0.05, 0.1) is 23.9 Å². The normalized spacial score (nSPS) is 16.5. The summed E-state index contributed by atoms with van der Waals surface area (Å²) >= 11 is 0. The first kappa shape index (κ1) is 15.6. The summed E-state index contributed by atoms with van der Waals surface area (Å²) in [5, 5.41) is 7.29. The first-order chi connectivity index (χ1) is 11.2. The van der Waals surface area contributed by atoms with Crippen molar-refractivity contribution in [3.8, 4) is 5.75 Å². The van der Waals surface area contributed by atoms with Gasteiger partial charge in [0.1, 0.15) is 12.4 Å². The van der Waals surface area contributed by atoms with Crippen LogP contribution in [0.1, 0.15) is 30.3 Å². The van der Waals surface area contributed by atoms with Gasteiger partial charge in [0.2, 0.25) is 5.91 Å². The molecule has 3 rings (SSSR count). The number of ether oxygens (including phenoxy) is 1. The number of hydrogen-bond donors (Lipinski definition) is 1. The Balaban J connectivity index is 1.61. The summed E-state index contributed by atoms with van der Waals surface area (Å²) in [5.41, 5.74) is 3.14. The van der Waals surface area contributed by atoms with Crippen LogP contribution < -0.4 is 4.74 Å². The van der Waals surface area contributed by atoms with Crippen LogP contribution in [0, 0.1) is 5.92 Å². The first-order valence-corrected chi connectivity index (χ1v) is 8.16. The highest BCUT2D eigenvalue weighted by atomic mass is 16.5. The molecular formula is C18H23N3O2. The number of aromatic amines is 1. The zero-order valence-corrected chi connectivity index (χ0v) is 13.7. The van der Waals surface area contributed by atoms with E-state index in [1.165, 1.54) is 0 Å². The number of hydrogen-bond acceptors (Lipinski definition) is 3. The first-order valence-electron chi connectivity index (χ1n) is 8.16. The molecule has 5 heteroatoms. The Morgan fingerprint density at radius 2 is 2.26 bits per heavy atom. The number of para-hydroxylation sites is 1. The highest BCUT2D eigenvalue weighted by molar-refractivity contribution is 5.79. The van der Waals surface area contributed by atoms with E-state index in [2.05, 4.69) is 17.1 Å². The third-order valence-corrected chi connectivity index (χ3v) is 4.20. The quantitative estimate of drug-likeness (QED) is 0.923. The van der Waals surface area contributed by atoms with Crippen molar-refractivity contribution in [1.29, 1.82) is 0 Å². The van der Waals surface area contributed by atoms with E-state index in [9.17, 15) is 4.79 Å². The minimum atomic E-state index is -0.118. The molecule has 2 aromatic rings. The number of nitrogens with zero attached hydrogens (tertiary/aromatic N) is 2. The molecule has 1 atom stereocenters. The molecule has 0 spiro atoms. The summed E-state index contributed by atoms with van der Waals surface area (Å²) in [5.74, 6) is 0.899. The SMILES string of the molecule is CCCc1cc(CN(C)C(=O)[C@H]2COc3ccccc3C2)[nH]n1. The van der Waals surface area contributed by atoms with Crippen molar-refractivity contribution in [3.63, 3.8) is 0 Å². The second-order valence-electron chi connectivity index (χ2n) is 6.15. The van der Waals surface area contributed by atoms with Crippen molar-refractivity contribution in [2.45, 2.75) is 32.7 Å². The number of carbonyl (C=O) groups excluding carboxylic acids is 1.